The number of H-pyrrole nitrogens is 1. The Morgan fingerprint density at radius 1 is 1.38 bits per heavy atom. The summed E-state index contributed by atoms with van der Waals surface area (Å²) in [6.45, 7) is -0.0827. The summed E-state index contributed by atoms with van der Waals surface area (Å²) >= 11 is 4.46. The van der Waals surface area contributed by atoms with Gasteiger partial charge in [-0.25, -0.2) is 17.9 Å². The summed E-state index contributed by atoms with van der Waals surface area (Å²) < 4.78 is 30.0. The van der Waals surface area contributed by atoms with E-state index in [1.807, 2.05) is 0 Å². The molecule has 2 N–H and O–H groups in total. The molecule has 0 fully saturated rings. The van der Waals surface area contributed by atoms with Gasteiger partial charge < -0.3 is 9.72 Å². The van der Waals surface area contributed by atoms with E-state index in [4.69, 9.17) is 4.74 Å². The van der Waals surface area contributed by atoms with Crippen LogP contribution in [0.4, 0.5) is 0 Å². The first-order chi connectivity index (χ1) is 11.2. The van der Waals surface area contributed by atoms with E-state index in [1.54, 1.807) is 24.4 Å². The standard InChI is InChI=1S/C14H15BrN2O5S2/c1-24(20,21)17-5-4-10-2-3-13(23-10)12(18)8-22-14(19)11-6-9(15)7-16-11/h2-3,6-7,16-17H,4-5,8H2,1H3. The normalized spacial score (nSPS) is 11.4. The van der Waals surface area contributed by atoms with Gasteiger partial charge in [0.2, 0.25) is 15.8 Å². The Bertz CT molecular complexity index is 841. The lowest BCUT2D eigenvalue weighted by Crippen LogP contribution is -2.24. The number of carbonyl (C=O) groups excluding carboxylic acids is 2. The molecule has 10 heteroatoms. The van der Waals surface area contributed by atoms with Crippen molar-refractivity contribution in [1.29, 1.82) is 0 Å². The van der Waals surface area contributed by atoms with Gasteiger partial charge in [-0.05, 0) is 40.5 Å². The summed E-state index contributed by atoms with van der Waals surface area (Å²) in [6.07, 6.45) is 3.17. The monoisotopic (exact) mass is 434 g/mol. The van der Waals surface area contributed by atoms with Gasteiger partial charge in [0.15, 0.2) is 6.61 Å². The predicted octanol–water partition coefficient (Wildman–Crippen LogP) is 1.97. The van der Waals surface area contributed by atoms with Crippen LogP contribution in [0.1, 0.15) is 25.0 Å². The number of esters is 1. The summed E-state index contributed by atoms with van der Waals surface area (Å²) in [7, 11) is -3.22. The largest absolute Gasteiger partial charge is 0.453 e. The molecule has 7 nitrogen and oxygen atoms in total. The van der Waals surface area contributed by atoms with Gasteiger partial charge in [0.25, 0.3) is 0 Å². The number of hydrogen-bond donors (Lipinski definition) is 2. The molecule has 0 aliphatic rings. The summed E-state index contributed by atoms with van der Waals surface area (Å²) in [4.78, 5) is 27.8. The van der Waals surface area contributed by atoms with Crippen LogP contribution in [0.5, 0.6) is 0 Å². The van der Waals surface area contributed by atoms with Gasteiger partial charge in [0, 0.05) is 22.1 Å². The van der Waals surface area contributed by atoms with E-state index in [0.29, 0.717) is 15.8 Å². The molecule has 0 spiro atoms. The Hall–Kier alpha value is -1.49. The molecule has 0 saturated heterocycles. The lowest BCUT2D eigenvalue weighted by atomic mass is 10.3. The van der Waals surface area contributed by atoms with Crippen molar-refractivity contribution in [3.05, 3.63) is 44.3 Å². The van der Waals surface area contributed by atoms with E-state index in [2.05, 4.69) is 25.6 Å². The number of thiophene rings is 1. The number of rotatable bonds is 8. The number of ketones is 1. The lowest BCUT2D eigenvalue weighted by molar-refractivity contribution is 0.0470. The number of aromatic amines is 1. The molecule has 0 atom stereocenters. The van der Waals surface area contributed by atoms with Crippen LogP contribution in [0.25, 0.3) is 0 Å². The van der Waals surface area contributed by atoms with Crippen LogP contribution in [0.2, 0.25) is 0 Å². The molecule has 0 unspecified atom stereocenters. The average molecular weight is 435 g/mol. The molecule has 0 radical (unpaired) electrons. The number of nitrogens with one attached hydrogen (secondary N) is 2. The van der Waals surface area contributed by atoms with Gasteiger partial charge in [0.05, 0.1) is 11.1 Å². The fraction of sp³-hybridized carbons (Fsp3) is 0.286. The Balaban J connectivity index is 1.83. The first kappa shape index (κ1) is 18.8. The molecule has 2 aromatic rings. The highest BCUT2D eigenvalue weighted by molar-refractivity contribution is 9.10. The lowest BCUT2D eigenvalue weighted by Gasteiger charge is -2.01. The number of aromatic nitrogens is 1. The molecule has 0 aliphatic heterocycles. The Morgan fingerprint density at radius 3 is 2.75 bits per heavy atom. The van der Waals surface area contributed by atoms with Crippen LogP contribution in [-0.4, -0.2) is 44.6 Å². The zero-order chi connectivity index (χ0) is 17.7. The first-order valence-corrected chi connectivity index (χ1v) is 10.3. The Kier molecular flexibility index (Phi) is 6.33. The fourth-order valence-corrected chi connectivity index (χ4v) is 3.54. The summed E-state index contributed by atoms with van der Waals surface area (Å²) in [5.74, 6) is -0.913. The second-order valence-electron chi connectivity index (χ2n) is 4.91. The van der Waals surface area contributed by atoms with Crippen molar-refractivity contribution in [2.24, 2.45) is 0 Å². The zero-order valence-corrected chi connectivity index (χ0v) is 15.9. The van der Waals surface area contributed by atoms with E-state index in [1.165, 1.54) is 11.3 Å². The molecule has 2 heterocycles. The second-order valence-corrected chi connectivity index (χ2v) is 8.83. The van der Waals surface area contributed by atoms with E-state index >= 15 is 0 Å². The molecule has 0 bridgehead atoms. The molecular weight excluding hydrogens is 420 g/mol. The molecule has 2 rings (SSSR count). The highest BCUT2D eigenvalue weighted by Gasteiger charge is 2.15. The molecule has 24 heavy (non-hydrogen) atoms. The number of carbonyl (C=O) groups is 2. The maximum absolute atomic E-state index is 12.0. The van der Waals surface area contributed by atoms with Gasteiger partial charge in [-0.15, -0.1) is 11.3 Å². The van der Waals surface area contributed by atoms with Crippen LogP contribution >= 0.6 is 27.3 Å². The smallest absolute Gasteiger partial charge is 0.355 e. The minimum atomic E-state index is -3.22. The zero-order valence-electron chi connectivity index (χ0n) is 12.7. The summed E-state index contributed by atoms with van der Waals surface area (Å²) in [5, 5.41) is 0. The van der Waals surface area contributed by atoms with E-state index in [-0.39, 0.29) is 24.6 Å². The maximum Gasteiger partial charge on any atom is 0.355 e. The third-order valence-corrected chi connectivity index (χ3v) is 5.25. The summed E-state index contributed by atoms with van der Waals surface area (Å²) in [5.41, 5.74) is 0.258. The van der Waals surface area contributed by atoms with Gasteiger partial charge >= 0.3 is 5.97 Å². The van der Waals surface area contributed by atoms with E-state index in [9.17, 15) is 18.0 Å². The Labute approximate surface area is 151 Å². The number of hydrogen-bond acceptors (Lipinski definition) is 6. The topological polar surface area (TPSA) is 105 Å². The second kappa shape index (κ2) is 8.06. The van der Waals surface area contributed by atoms with Crippen LogP contribution in [0, 0.1) is 0 Å². The molecule has 2 aromatic heterocycles. The maximum atomic E-state index is 12.0. The minimum Gasteiger partial charge on any atom is -0.453 e. The van der Waals surface area contributed by atoms with Crippen LogP contribution in [0.15, 0.2) is 28.9 Å². The number of ether oxygens (including phenoxy) is 1. The van der Waals surface area contributed by atoms with Crippen LogP contribution in [0.3, 0.4) is 0 Å². The van der Waals surface area contributed by atoms with Gasteiger partial charge in [0.1, 0.15) is 5.69 Å². The molecule has 0 aliphatic carbocycles. The van der Waals surface area contributed by atoms with Crippen molar-refractivity contribution in [3.63, 3.8) is 0 Å². The fourth-order valence-electron chi connectivity index (χ4n) is 1.79. The molecule has 130 valence electrons. The number of Topliss-reactive ketones (excluding diaryl/α,β-unsaturated/α-hetero) is 1. The molecular formula is C14H15BrN2O5S2. The van der Waals surface area contributed by atoms with Gasteiger partial charge in [-0.2, -0.15) is 0 Å². The van der Waals surface area contributed by atoms with Crippen LogP contribution in [-0.2, 0) is 21.2 Å². The van der Waals surface area contributed by atoms with Crippen molar-refractivity contribution in [2.45, 2.75) is 6.42 Å². The third-order valence-electron chi connectivity index (χ3n) is 2.87. The highest BCUT2D eigenvalue weighted by Crippen LogP contribution is 2.18. The van der Waals surface area contributed by atoms with Crippen molar-refractivity contribution in [3.8, 4) is 0 Å². The number of sulfonamides is 1. The summed E-state index contributed by atoms with van der Waals surface area (Å²) in [6, 6.07) is 4.96. The van der Waals surface area contributed by atoms with E-state index < -0.39 is 16.0 Å². The number of halogens is 1. The van der Waals surface area contributed by atoms with Crippen molar-refractivity contribution in [1.82, 2.24) is 9.71 Å². The first-order valence-electron chi connectivity index (χ1n) is 6.82. The van der Waals surface area contributed by atoms with Crippen molar-refractivity contribution >= 4 is 49.0 Å². The Morgan fingerprint density at radius 2 is 2.12 bits per heavy atom. The van der Waals surface area contributed by atoms with Crippen LogP contribution < -0.4 is 4.72 Å². The minimum absolute atomic E-state index is 0.258. The molecule has 0 amide bonds. The highest BCUT2D eigenvalue weighted by atomic mass is 79.9. The molecule has 0 aromatic carbocycles. The van der Waals surface area contributed by atoms with Gasteiger partial charge in [-0.1, -0.05) is 0 Å². The SMILES string of the molecule is CS(=O)(=O)NCCc1ccc(C(=O)COC(=O)c2cc(Br)c[nH]2)s1. The van der Waals surface area contributed by atoms with Crippen molar-refractivity contribution < 1.29 is 22.7 Å². The quantitative estimate of drug-likeness (QED) is 0.487. The molecule has 0 saturated carbocycles. The predicted molar refractivity (Wildman–Crippen MR) is 94.0 cm³/mol. The average Bonchev–Trinajstić information content (AvgIpc) is 3.12. The third kappa shape index (κ3) is 5.86. The van der Waals surface area contributed by atoms with Crippen molar-refractivity contribution in [2.75, 3.05) is 19.4 Å². The van der Waals surface area contributed by atoms with Gasteiger partial charge in [-0.3, -0.25) is 4.79 Å². The van der Waals surface area contributed by atoms with E-state index in [0.717, 1.165) is 11.1 Å².